The molecule has 0 aliphatic carbocycles. The minimum Gasteiger partial charge on any atom is -0.466 e. The van der Waals surface area contributed by atoms with E-state index in [0.717, 1.165) is 16.8 Å². The summed E-state index contributed by atoms with van der Waals surface area (Å²) in [6.07, 6.45) is 1.27. The number of aromatic nitrogens is 1. The Kier molecular flexibility index (Phi) is 7.50. The van der Waals surface area contributed by atoms with Crippen LogP contribution in [0.4, 0.5) is 0 Å². The molecule has 1 aliphatic heterocycles. The fourth-order valence-electron chi connectivity index (χ4n) is 3.98. The lowest BCUT2D eigenvalue weighted by molar-refractivity contribution is -0.151. The summed E-state index contributed by atoms with van der Waals surface area (Å²) in [5, 5.41) is 0.116. The molecule has 0 spiro atoms. The molecule has 1 fully saturated rings. The van der Waals surface area contributed by atoms with Crippen molar-refractivity contribution >= 4 is 23.6 Å². The number of nitrogens with zero attached hydrogens (tertiary/aromatic N) is 2. The number of likely N-dealkylation sites (tertiary alicyclic amines) is 1. The maximum Gasteiger partial charge on any atom is 0.309 e. The van der Waals surface area contributed by atoms with Gasteiger partial charge in [-0.3, -0.25) is 9.59 Å². The molecule has 1 saturated heterocycles. The molecule has 1 aliphatic rings. The number of carbonyl (C=O) groups excluding carboxylic acids is 2. The van der Waals surface area contributed by atoms with Crippen LogP contribution in [0.2, 0.25) is 0 Å². The molecule has 3 aromatic rings. The number of piperidine rings is 1. The molecule has 1 unspecified atom stereocenters. The van der Waals surface area contributed by atoms with Crippen LogP contribution in [-0.2, 0) is 14.3 Å². The van der Waals surface area contributed by atoms with E-state index in [1.807, 2.05) is 79.4 Å². The second-order valence-electron chi connectivity index (χ2n) is 8.00. The van der Waals surface area contributed by atoms with E-state index in [-0.39, 0.29) is 23.0 Å². The number of thioether (sulfide) groups is 1. The second-order valence-corrected chi connectivity index (χ2v) is 9.29. The normalized spacial score (nSPS) is 15.3. The molecular formula is C26H28N2O4S. The second kappa shape index (κ2) is 10.7. The molecule has 1 aromatic heterocycles. The zero-order valence-corrected chi connectivity index (χ0v) is 19.7. The quantitative estimate of drug-likeness (QED) is 0.349. The topological polar surface area (TPSA) is 72.6 Å². The van der Waals surface area contributed by atoms with E-state index in [1.54, 1.807) is 0 Å². The average Bonchev–Trinajstić information content (AvgIpc) is 3.28. The molecule has 7 heteroatoms. The number of hydrogen-bond donors (Lipinski definition) is 0. The van der Waals surface area contributed by atoms with Crippen LogP contribution in [0.5, 0.6) is 0 Å². The number of hydrogen-bond acceptors (Lipinski definition) is 6. The molecular weight excluding hydrogens is 436 g/mol. The average molecular weight is 465 g/mol. The van der Waals surface area contributed by atoms with Gasteiger partial charge in [-0.15, -0.1) is 0 Å². The smallest absolute Gasteiger partial charge is 0.309 e. The third-order valence-electron chi connectivity index (χ3n) is 5.74. The number of ether oxygens (including phenoxy) is 1. The zero-order chi connectivity index (χ0) is 23.2. The monoisotopic (exact) mass is 464 g/mol. The molecule has 1 amide bonds. The van der Waals surface area contributed by atoms with Crippen LogP contribution < -0.4 is 0 Å². The van der Waals surface area contributed by atoms with Crippen molar-refractivity contribution in [1.82, 2.24) is 9.88 Å². The first kappa shape index (κ1) is 23.1. The van der Waals surface area contributed by atoms with Crippen LogP contribution in [0.25, 0.3) is 22.6 Å². The van der Waals surface area contributed by atoms with Gasteiger partial charge in [0.05, 0.1) is 17.8 Å². The molecule has 0 bridgehead atoms. The lowest BCUT2D eigenvalue weighted by Crippen LogP contribution is -2.43. The first-order valence-electron chi connectivity index (χ1n) is 11.3. The van der Waals surface area contributed by atoms with Crippen molar-refractivity contribution in [2.45, 2.75) is 37.2 Å². The molecule has 172 valence electrons. The Morgan fingerprint density at radius 1 is 1.06 bits per heavy atom. The number of amides is 1. The Labute approximate surface area is 198 Å². The fraction of sp³-hybridized carbons (Fsp3) is 0.346. The van der Waals surface area contributed by atoms with E-state index >= 15 is 0 Å². The minimum absolute atomic E-state index is 0.0306. The van der Waals surface area contributed by atoms with Gasteiger partial charge in [0, 0.05) is 24.2 Å². The summed E-state index contributed by atoms with van der Waals surface area (Å²) in [5.74, 6) is 0.446. The predicted octanol–water partition coefficient (Wildman–Crippen LogP) is 5.29. The molecule has 33 heavy (non-hydrogen) atoms. The minimum atomic E-state index is -0.352. The Morgan fingerprint density at radius 3 is 2.27 bits per heavy atom. The van der Waals surface area contributed by atoms with Crippen LogP contribution >= 0.6 is 11.8 Å². The Morgan fingerprint density at radius 2 is 1.67 bits per heavy atom. The van der Waals surface area contributed by atoms with Gasteiger partial charge in [0.25, 0.3) is 5.22 Å². The van der Waals surface area contributed by atoms with Crippen molar-refractivity contribution in [3.8, 4) is 22.6 Å². The van der Waals surface area contributed by atoms with E-state index in [2.05, 4.69) is 0 Å². The van der Waals surface area contributed by atoms with Crippen molar-refractivity contribution in [2.24, 2.45) is 5.92 Å². The van der Waals surface area contributed by atoms with Crippen molar-refractivity contribution in [3.05, 3.63) is 60.7 Å². The van der Waals surface area contributed by atoms with Gasteiger partial charge in [-0.1, -0.05) is 72.4 Å². The maximum atomic E-state index is 13.1. The lowest BCUT2D eigenvalue weighted by atomic mass is 9.97. The van der Waals surface area contributed by atoms with Gasteiger partial charge in [-0.2, -0.15) is 0 Å². The van der Waals surface area contributed by atoms with E-state index in [4.69, 9.17) is 14.1 Å². The zero-order valence-electron chi connectivity index (χ0n) is 18.9. The molecule has 1 atom stereocenters. The molecule has 2 heterocycles. The van der Waals surface area contributed by atoms with Crippen molar-refractivity contribution in [2.75, 3.05) is 19.7 Å². The van der Waals surface area contributed by atoms with Gasteiger partial charge in [0.15, 0.2) is 5.76 Å². The Bertz CT molecular complexity index is 1020. The first-order valence-corrected chi connectivity index (χ1v) is 12.2. The van der Waals surface area contributed by atoms with E-state index < -0.39 is 0 Å². The lowest BCUT2D eigenvalue weighted by Gasteiger charge is -2.32. The van der Waals surface area contributed by atoms with E-state index in [9.17, 15) is 9.59 Å². The fourth-order valence-corrected chi connectivity index (χ4v) is 4.81. The summed E-state index contributed by atoms with van der Waals surface area (Å²) in [4.78, 5) is 31.6. The number of carbonyl (C=O) groups is 2. The van der Waals surface area contributed by atoms with Crippen molar-refractivity contribution < 1.29 is 18.7 Å². The summed E-state index contributed by atoms with van der Waals surface area (Å²) in [7, 11) is 0. The van der Waals surface area contributed by atoms with Crippen molar-refractivity contribution in [3.63, 3.8) is 0 Å². The summed E-state index contributed by atoms with van der Waals surface area (Å²) < 4.78 is 11.3. The molecule has 6 nitrogen and oxygen atoms in total. The highest BCUT2D eigenvalue weighted by Crippen LogP contribution is 2.37. The Hall–Kier alpha value is -3.06. The summed E-state index contributed by atoms with van der Waals surface area (Å²) >= 11 is 1.32. The van der Waals surface area contributed by atoms with E-state index in [1.165, 1.54) is 11.8 Å². The van der Waals surface area contributed by atoms with Gasteiger partial charge in [0.2, 0.25) is 5.91 Å². The standard InChI is InChI=1S/C26H28N2O4S/c1-3-31-25(30)21-14-16-28(17-15-21)24(29)18(2)33-26-27-22(19-10-6-4-7-11-19)23(32-26)20-12-8-5-9-13-20/h4-13,18,21H,3,14-17H2,1-2H3. The highest BCUT2D eigenvalue weighted by molar-refractivity contribution is 8.00. The molecule has 0 N–H and O–H groups in total. The van der Waals surface area contributed by atoms with Crippen LogP contribution in [0, 0.1) is 5.92 Å². The van der Waals surface area contributed by atoms with Crippen molar-refractivity contribution in [1.29, 1.82) is 0 Å². The highest BCUT2D eigenvalue weighted by atomic mass is 32.2. The maximum absolute atomic E-state index is 13.1. The van der Waals surface area contributed by atoms with Gasteiger partial charge in [0.1, 0.15) is 5.69 Å². The Balaban J connectivity index is 1.47. The van der Waals surface area contributed by atoms with Gasteiger partial charge >= 0.3 is 5.97 Å². The third kappa shape index (κ3) is 5.47. The molecule has 2 aromatic carbocycles. The largest absolute Gasteiger partial charge is 0.466 e. The molecule has 0 radical (unpaired) electrons. The molecule has 0 saturated carbocycles. The third-order valence-corrected chi connectivity index (χ3v) is 6.67. The van der Waals surface area contributed by atoms with Gasteiger partial charge < -0.3 is 14.1 Å². The number of esters is 1. The summed E-state index contributed by atoms with van der Waals surface area (Å²) in [5.41, 5.74) is 2.67. The van der Waals surface area contributed by atoms with Crippen LogP contribution in [0.15, 0.2) is 70.3 Å². The molecule has 4 rings (SSSR count). The summed E-state index contributed by atoms with van der Waals surface area (Å²) in [6, 6.07) is 19.8. The number of benzene rings is 2. The highest BCUT2D eigenvalue weighted by Gasteiger charge is 2.31. The predicted molar refractivity (Wildman–Crippen MR) is 129 cm³/mol. The van der Waals surface area contributed by atoms with Gasteiger partial charge in [-0.25, -0.2) is 4.98 Å². The van der Waals surface area contributed by atoms with Crippen LogP contribution in [0.3, 0.4) is 0 Å². The van der Waals surface area contributed by atoms with E-state index in [0.29, 0.717) is 43.5 Å². The van der Waals surface area contributed by atoms with Crippen LogP contribution in [0.1, 0.15) is 26.7 Å². The number of oxazole rings is 1. The van der Waals surface area contributed by atoms with Gasteiger partial charge in [-0.05, 0) is 26.7 Å². The SMILES string of the molecule is CCOC(=O)C1CCN(C(=O)C(C)Sc2nc(-c3ccccc3)c(-c3ccccc3)o2)CC1. The van der Waals surface area contributed by atoms with Crippen LogP contribution in [-0.4, -0.2) is 46.7 Å². The first-order chi connectivity index (χ1) is 16.1. The number of rotatable bonds is 7. The summed E-state index contributed by atoms with van der Waals surface area (Å²) in [6.45, 7) is 5.19.